The number of aromatic nitrogens is 3. The van der Waals surface area contributed by atoms with Crippen molar-refractivity contribution in [3.63, 3.8) is 0 Å². The SMILES string of the molecule is Cc1ccc(-c2nc(SCC(=O)Nc3ccc(CN4CCOCC4)cc3)n[nH]2)cc1. The van der Waals surface area contributed by atoms with Crippen LogP contribution in [0.3, 0.4) is 0 Å². The van der Waals surface area contributed by atoms with E-state index in [2.05, 4.69) is 37.5 Å². The lowest BCUT2D eigenvalue weighted by molar-refractivity contribution is -0.113. The summed E-state index contributed by atoms with van der Waals surface area (Å²) >= 11 is 1.31. The molecule has 2 N–H and O–H groups in total. The molecule has 0 saturated carbocycles. The van der Waals surface area contributed by atoms with E-state index in [-0.39, 0.29) is 11.7 Å². The van der Waals surface area contributed by atoms with Gasteiger partial charge in [0.15, 0.2) is 5.82 Å². The van der Waals surface area contributed by atoms with Crippen molar-refractivity contribution in [3.8, 4) is 11.4 Å². The number of carbonyl (C=O) groups excluding carboxylic acids is 1. The van der Waals surface area contributed by atoms with Crippen molar-refractivity contribution >= 4 is 23.4 Å². The van der Waals surface area contributed by atoms with Crippen LogP contribution in [-0.4, -0.2) is 58.0 Å². The number of benzene rings is 2. The highest BCUT2D eigenvalue weighted by atomic mass is 32.2. The molecule has 0 spiro atoms. The summed E-state index contributed by atoms with van der Waals surface area (Å²) in [6, 6.07) is 16.1. The molecule has 0 aliphatic carbocycles. The number of thioether (sulfide) groups is 1. The lowest BCUT2D eigenvalue weighted by Gasteiger charge is -2.26. The van der Waals surface area contributed by atoms with Crippen LogP contribution in [0.1, 0.15) is 11.1 Å². The number of anilines is 1. The fourth-order valence-corrected chi connectivity index (χ4v) is 3.79. The van der Waals surface area contributed by atoms with Crippen molar-refractivity contribution in [1.82, 2.24) is 20.1 Å². The number of carbonyl (C=O) groups is 1. The standard InChI is InChI=1S/C22H25N5O2S/c1-16-2-6-18(7-3-16)21-24-22(26-25-21)30-15-20(28)23-19-8-4-17(5-9-19)14-27-10-12-29-13-11-27/h2-9H,10-15H2,1H3,(H,23,28)(H,24,25,26). The van der Waals surface area contributed by atoms with Crippen molar-refractivity contribution in [1.29, 1.82) is 0 Å². The Bertz CT molecular complexity index is 966. The van der Waals surface area contributed by atoms with E-state index in [4.69, 9.17) is 4.74 Å². The Hall–Kier alpha value is -2.68. The first-order valence-electron chi connectivity index (χ1n) is 9.97. The highest BCUT2D eigenvalue weighted by molar-refractivity contribution is 7.99. The Morgan fingerprint density at radius 2 is 1.87 bits per heavy atom. The van der Waals surface area contributed by atoms with E-state index in [0.29, 0.717) is 11.0 Å². The number of nitrogens with one attached hydrogen (secondary N) is 2. The molecular weight excluding hydrogens is 398 g/mol. The minimum absolute atomic E-state index is 0.0809. The molecule has 2 heterocycles. The van der Waals surface area contributed by atoms with Crippen molar-refractivity contribution in [2.75, 3.05) is 37.4 Å². The maximum absolute atomic E-state index is 12.3. The molecule has 1 amide bonds. The third-order valence-electron chi connectivity index (χ3n) is 4.87. The van der Waals surface area contributed by atoms with E-state index in [1.165, 1.54) is 22.9 Å². The van der Waals surface area contributed by atoms with E-state index < -0.39 is 0 Å². The molecule has 0 radical (unpaired) electrons. The Morgan fingerprint density at radius 1 is 1.13 bits per heavy atom. The number of morpholine rings is 1. The molecule has 7 nitrogen and oxygen atoms in total. The minimum atomic E-state index is -0.0809. The molecule has 1 aliphatic heterocycles. The molecule has 0 unspecified atom stereocenters. The van der Waals surface area contributed by atoms with Crippen LogP contribution in [0, 0.1) is 6.92 Å². The first-order valence-corrected chi connectivity index (χ1v) is 11.0. The number of hydrogen-bond donors (Lipinski definition) is 2. The summed E-state index contributed by atoms with van der Waals surface area (Å²) in [7, 11) is 0. The molecule has 156 valence electrons. The van der Waals surface area contributed by atoms with Crippen LogP contribution in [0.5, 0.6) is 0 Å². The van der Waals surface area contributed by atoms with Gasteiger partial charge in [0.2, 0.25) is 11.1 Å². The average Bonchev–Trinajstić information content (AvgIpc) is 3.24. The van der Waals surface area contributed by atoms with Gasteiger partial charge in [0, 0.05) is 30.9 Å². The normalized spacial score (nSPS) is 14.6. The van der Waals surface area contributed by atoms with Gasteiger partial charge in [-0.3, -0.25) is 14.8 Å². The number of ether oxygens (including phenoxy) is 1. The highest BCUT2D eigenvalue weighted by Gasteiger charge is 2.12. The predicted octanol–water partition coefficient (Wildman–Crippen LogP) is 3.34. The van der Waals surface area contributed by atoms with Crippen molar-refractivity contribution in [2.24, 2.45) is 0 Å². The molecule has 1 aliphatic rings. The molecule has 2 aromatic carbocycles. The Labute approximate surface area is 180 Å². The average molecular weight is 424 g/mol. The number of H-pyrrole nitrogens is 1. The van der Waals surface area contributed by atoms with Gasteiger partial charge in [-0.2, -0.15) is 0 Å². The number of nitrogens with zero attached hydrogens (tertiary/aromatic N) is 3. The van der Waals surface area contributed by atoms with Crippen molar-refractivity contribution < 1.29 is 9.53 Å². The maximum Gasteiger partial charge on any atom is 0.234 e. The van der Waals surface area contributed by atoms with Gasteiger partial charge in [0.05, 0.1) is 19.0 Å². The van der Waals surface area contributed by atoms with Gasteiger partial charge in [-0.05, 0) is 24.6 Å². The quantitative estimate of drug-likeness (QED) is 0.567. The number of hydrogen-bond acceptors (Lipinski definition) is 6. The topological polar surface area (TPSA) is 83.1 Å². The van der Waals surface area contributed by atoms with Gasteiger partial charge in [0.25, 0.3) is 0 Å². The minimum Gasteiger partial charge on any atom is -0.379 e. The zero-order valence-electron chi connectivity index (χ0n) is 16.9. The van der Waals surface area contributed by atoms with Gasteiger partial charge in [-0.25, -0.2) is 4.98 Å². The van der Waals surface area contributed by atoms with E-state index in [1.807, 2.05) is 43.3 Å². The van der Waals surface area contributed by atoms with Gasteiger partial charge in [-0.15, -0.1) is 5.10 Å². The monoisotopic (exact) mass is 423 g/mol. The predicted molar refractivity (Wildman–Crippen MR) is 118 cm³/mol. The summed E-state index contributed by atoms with van der Waals surface area (Å²) in [6.07, 6.45) is 0. The summed E-state index contributed by atoms with van der Waals surface area (Å²) in [4.78, 5) is 19.1. The second kappa shape index (κ2) is 9.88. The fourth-order valence-electron chi connectivity index (χ4n) is 3.19. The van der Waals surface area contributed by atoms with E-state index >= 15 is 0 Å². The first kappa shape index (κ1) is 20.6. The lowest BCUT2D eigenvalue weighted by Crippen LogP contribution is -2.35. The zero-order chi connectivity index (χ0) is 20.8. The third-order valence-corrected chi connectivity index (χ3v) is 5.72. The van der Waals surface area contributed by atoms with E-state index in [1.54, 1.807) is 0 Å². The Kier molecular flexibility index (Phi) is 6.78. The summed E-state index contributed by atoms with van der Waals surface area (Å²) in [5.41, 5.74) is 4.19. The van der Waals surface area contributed by atoms with Crippen LogP contribution in [0.2, 0.25) is 0 Å². The molecule has 1 saturated heterocycles. The molecule has 8 heteroatoms. The van der Waals surface area contributed by atoms with Crippen LogP contribution in [0.25, 0.3) is 11.4 Å². The second-order valence-corrected chi connectivity index (χ2v) is 8.20. The number of amides is 1. The second-order valence-electron chi connectivity index (χ2n) is 7.25. The Balaban J connectivity index is 1.25. The van der Waals surface area contributed by atoms with Gasteiger partial charge in [-0.1, -0.05) is 53.7 Å². The maximum atomic E-state index is 12.3. The molecule has 0 bridgehead atoms. The summed E-state index contributed by atoms with van der Waals surface area (Å²) < 4.78 is 5.38. The molecule has 0 atom stereocenters. The molecule has 3 aromatic rings. The molecule has 1 fully saturated rings. The van der Waals surface area contributed by atoms with Crippen LogP contribution < -0.4 is 5.32 Å². The van der Waals surface area contributed by atoms with Crippen LogP contribution in [0.4, 0.5) is 5.69 Å². The zero-order valence-corrected chi connectivity index (χ0v) is 17.7. The van der Waals surface area contributed by atoms with Gasteiger partial charge >= 0.3 is 0 Å². The third kappa shape index (κ3) is 5.69. The summed E-state index contributed by atoms with van der Waals surface area (Å²) in [5.74, 6) is 0.872. The largest absolute Gasteiger partial charge is 0.379 e. The molecule has 4 rings (SSSR count). The molecule has 1 aromatic heterocycles. The first-order chi connectivity index (χ1) is 14.7. The van der Waals surface area contributed by atoms with Crippen LogP contribution in [0.15, 0.2) is 53.7 Å². The summed E-state index contributed by atoms with van der Waals surface area (Å²) in [6.45, 7) is 6.46. The smallest absolute Gasteiger partial charge is 0.234 e. The van der Waals surface area contributed by atoms with E-state index in [9.17, 15) is 4.79 Å². The van der Waals surface area contributed by atoms with Gasteiger partial charge in [0.1, 0.15) is 0 Å². The van der Waals surface area contributed by atoms with Crippen molar-refractivity contribution in [3.05, 3.63) is 59.7 Å². The molecular formula is C22H25N5O2S. The highest BCUT2D eigenvalue weighted by Crippen LogP contribution is 2.20. The van der Waals surface area contributed by atoms with E-state index in [0.717, 1.165) is 44.1 Å². The lowest BCUT2D eigenvalue weighted by atomic mass is 10.1. The summed E-state index contributed by atoms with van der Waals surface area (Å²) in [5, 5.41) is 10.6. The van der Waals surface area contributed by atoms with Crippen LogP contribution in [-0.2, 0) is 16.1 Å². The Morgan fingerprint density at radius 3 is 2.60 bits per heavy atom. The fraction of sp³-hybridized carbons (Fsp3) is 0.318. The molecule has 30 heavy (non-hydrogen) atoms. The number of rotatable bonds is 7. The number of aryl methyl sites for hydroxylation is 1. The van der Waals surface area contributed by atoms with Gasteiger partial charge < -0.3 is 10.1 Å². The number of aromatic amines is 1. The van der Waals surface area contributed by atoms with Crippen molar-refractivity contribution in [2.45, 2.75) is 18.6 Å². The van der Waals surface area contributed by atoms with Crippen LogP contribution >= 0.6 is 11.8 Å².